The van der Waals surface area contributed by atoms with E-state index in [-0.39, 0.29) is 17.4 Å². The van der Waals surface area contributed by atoms with Crippen molar-refractivity contribution in [2.45, 2.75) is 57.9 Å². The molecule has 4 heteroatoms. The van der Waals surface area contributed by atoms with Gasteiger partial charge in [0, 0.05) is 5.54 Å². The summed E-state index contributed by atoms with van der Waals surface area (Å²) in [4.78, 5) is 12.3. The number of rotatable bonds is 4. The van der Waals surface area contributed by atoms with Crippen molar-refractivity contribution in [1.82, 2.24) is 5.32 Å². The molecule has 0 bridgehead atoms. The van der Waals surface area contributed by atoms with Crippen LogP contribution in [-0.4, -0.2) is 16.4 Å². The summed E-state index contributed by atoms with van der Waals surface area (Å²) in [5.74, 6) is -0.312. The van der Waals surface area contributed by atoms with Gasteiger partial charge in [-0.25, -0.2) is 0 Å². The normalized spacial score (nSPS) is 21.1. The van der Waals surface area contributed by atoms with Gasteiger partial charge in [-0.05, 0) is 26.2 Å². The maximum absolute atomic E-state index is 12.0. The zero-order valence-corrected chi connectivity index (χ0v) is 11.0. The van der Waals surface area contributed by atoms with E-state index >= 15 is 0 Å². The van der Waals surface area contributed by atoms with Gasteiger partial charge in [-0.3, -0.25) is 4.79 Å². The van der Waals surface area contributed by atoms with Gasteiger partial charge in [0.05, 0.1) is 10.9 Å². The SMILES string of the molecule is CCC(C(=O)NC1(C)CCCCC1)C(N)=S. The molecule has 16 heavy (non-hydrogen) atoms. The van der Waals surface area contributed by atoms with Gasteiger partial charge in [0.1, 0.15) is 0 Å². The molecule has 1 atom stereocenters. The van der Waals surface area contributed by atoms with E-state index in [1.54, 1.807) is 0 Å². The Labute approximate surface area is 103 Å². The van der Waals surface area contributed by atoms with Gasteiger partial charge in [0.2, 0.25) is 5.91 Å². The van der Waals surface area contributed by atoms with Gasteiger partial charge >= 0.3 is 0 Å². The number of amides is 1. The predicted molar refractivity (Wildman–Crippen MR) is 70.2 cm³/mol. The molecule has 0 radical (unpaired) electrons. The molecule has 0 saturated heterocycles. The molecule has 1 rings (SSSR count). The van der Waals surface area contributed by atoms with Crippen LogP contribution in [0.25, 0.3) is 0 Å². The number of carbonyl (C=O) groups excluding carboxylic acids is 1. The number of nitrogens with two attached hydrogens (primary N) is 1. The van der Waals surface area contributed by atoms with E-state index in [9.17, 15) is 4.79 Å². The van der Waals surface area contributed by atoms with Crippen LogP contribution in [-0.2, 0) is 4.79 Å². The molecule has 0 aromatic rings. The number of carbonyl (C=O) groups is 1. The molecule has 0 aliphatic heterocycles. The molecule has 3 N–H and O–H groups in total. The van der Waals surface area contributed by atoms with Crippen LogP contribution in [0.1, 0.15) is 52.4 Å². The zero-order chi connectivity index (χ0) is 12.2. The van der Waals surface area contributed by atoms with E-state index in [1.165, 1.54) is 19.3 Å². The van der Waals surface area contributed by atoms with Crippen LogP contribution in [0.3, 0.4) is 0 Å². The van der Waals surface area contributed by atoms with E-state index in [1.807, 2.05) is 6.92 Å². The highest BCUT2D eigenvalue weighted by atomic mass is 32.1. The van der Waals surface area contributed by atoms with Crippen LogP contribution in [0.4, 0.5) is 0 Å². The monoisotopic (exact) mass is 242 g/mol. The summed E-state index contributed by atoms with van der Waals surface area (Å²) in [6.45, 7) is 4.06. The van der Waals surface area contributed by atoms with Crippen molar-refractivity contribution in [1.29, 1.82) is 0 Å². The molecule has 0 aromatic heterocycles. The average Bonchev–Trinajstić information content (AvgIpc) is 2.18. The quantitative estimate of drug-likeness (QED) is 0.743. The third-order valence-corrected chi connectivity index (χ3v) is 3.73. The smallest absolute Gasteiger partial charge is 0.230 e. The number of hydrogen-bond acceptors (Lipinski definition) is 2. The van der Waals surface area contributed by atoms with Crippen molar-refractivity contribution in [3.05, 3.63) is 0 Å². The van der Waals surface area contributed by atoms with E-state index < -0.39 is 0 Å². The Balaban J connectivity index is 2.58. The van der Waals surface area contributed by atoms with Gasteiger partial charge < -0.3 is 11.1 Å². The maximum Gasteiger partial charge on any atom is 0.230 e. The van der Waals surface area contributed by atoms with Gasteiger partial charge in [-0.15, -0.1) is 0 Å². The predicted octanol–water partition coefficient (Wildman–Crippen LogP) is 2.14. The highest BCUT2D eigenvalue weighted by Gasteiger charge is 2.31. The number of nitrogens with one attached hydrogen (secondary N) is 1. The van der Waals surface area contributed by atoms with Crippen molar-refractivity contribution in [2.75, 3.05) is 0 Å². The highest BCUT2D eigenvalue weighted by Crippen LogP contribution is 2.27. The van der Waals surface area contributed by atoms with Crippen molar-refractivity contribution in [2.24, 2.45) is 11.7 Å². The van der Waals surface area contributed by atoms with Crippen LogP contribution in [0.15, 0.2) is 0 Å². The fourth-order valence-electron chi connectivity index (χ4n) is 2.36. The second-order valence-electron chi connectivity index (χ2n) is 4.97. The van der Waals surface area contributed by atoms with Crippen LogP contribution in [0, 0.1) is 5.92 Å². The Bertz CT molecular complexity index is 272. The third kappa shape index (κ3) is 3.44. The first-order valence-corrected chi connectivity index (χ1v) is 6.50. The molecule has 0 spiro atoms. The molecule has 1 unspecified atom stereocenters. The lowest BCUT2D eigenvalue weighted by atomic mass is 9.83. The first-order chi connectivity index (χ1) is 7.48. The van der Waals surface area contributed by atoms with E-state index in [0.717, 1.165) is 12.8 Å². The van der Waals surface area contributed by atoms with Crippen molar-refractivity contribution in [3.8, 4) is 0 Å². The van der Waals surface area contributed by atoms with Gasteiger partial charge in [0.25, 0.3) is 0 Å². The Morgan fingerprint density at radius 1 is 1.44 bits per heavy atom. The minimum Gasteiger partial charge on any atom is -0.393 e. The van der Waals surface area contributed by atoms with E-state index in [4.69, 9.17) is 18.0 Å². The molecular formula is C12H22N2OS. The summed E-state index contributed by atoms with van der Waals surface area (Å²) in [6.07, 6.45) is 6.47. The summed E-state index contributed by atoms with van der Waals surface area (Å²) in [7, 11) is 0. The lowest BCUT2D eigenvalue weighted by molar-refractivity contribution is -0.125. The molecule has 1 fully saturated rings. The highest BCUT2D eigenvalue weighted by molar-refractivity contribution is 7.80. The average molecular weight is 242 g/mol. The van der Waals surface area contributed by atoms with Gasteiger partial charge in [-0.1, -0.05) is 38.4 Å². The molecular weight excluding hydrogens is 220 g/mol. The zero-order valence-electron chi connectivity index (χ0n) is 10.2. The Morgan fingerprint density at radius 2 is 2.00 bits per heavy atom. The topological polar surface area (TPSA) is 55.1 Å². The van der Waals surface area contributed by atoms with Crippen LogP contribution < -0.4 is 11.1 Å². The number of thiocarbonyl (C=S) groups is 1. The summed E-state index contributed by atoms with van der Waals surface area (Å²) >= 11 is 4.91. The van der Waals surface area contributed by atoms with Crippen molar-refractivity contribution >= 4 is 23.1 Å². The maximum atomic E-state index is 12.0. The first-order valence-electron chi connectivity index (χ1n) is 6.10. The lowest BCUT2D eigenvalue weighted by Crippen LogP contribution is -2.51. The summed E-state index contributed by atoms with van der Waals surface area (Å²) in [5.41, 5.74) is 5.52. The minimum absolute atomic E-state index is 0.000556. The molecule has 0 heterocycles. The fraction of sp³-hybridized carbons (Fsp3) is 0.833. The van der Waals surface area contributed by atoms with E-state index in [2.05, 4.69) is 12.2 Å². The molecule has 1 amide bonds. The number of hydrogen-bond donors (Lipinski definition) is 2. The van der Waals surface area contributed by atoms with Gasteiger partial charge in [0.15, 0.2) is 0 Å². The molecule has 1 saturated carbocycles. The van der Waals surface area contributed by atoms with Crippen LogP contribution >= 0.6 is 12.2 Å². The molecule has 0 aromatic carbocycles. The van der Waals surface area contributed by atoms with Gasteiger partial charge in [-0.2, -0.15) is 0 Å². The third-order valence-electron chi connectivity index (χ3n) is 3.45. The second-order valence-corrected chi connectivity index (χ2v) is 5.45. The molecule has 92 valence electrons. The summed E-state index contributed by atoms with van der Waals surface area (Å²) in [5, 5.41) is 3.12. The first kappa shape index (κ1) is 13.4. The summed E-state index contributed by atoms with van der Waals surface area (Å²) < 4.78 is 0. The van der Waals surface area contributed by atoms with Crippen molar-refractivity contribution < 1.29 is 4.79 Å². The Hall–Kier alpha value is -0.640. The van der Waals surface area contributed by atoms with Crippen LogP contribution in [0.2, 0.25) is 0 Å². The Kier molecular flexibility index (Phi) is 4.71. The molecule has 1 aliphatic rings. The van der Waals surface area contributed by atoms with Crippen LogP contribution in [0.5, 0.6) is 0 Å². The minimum atomic E-state index is -0.311. The van der Waals surface area contributed by atoms with E-state index in [0.29, 0.717) is 11.4 Å². The molecule has 3 nitrogen and oxygen atoms in total. The summed E-state index contributed by atoms with van der Waals surface area (Å²) in [6, 6.07) is 0. The standard InChI is InChI=1S/C12H22N2OS/c1-3-9(10(13)16)11(15)14-12(2)7-5-4-6-8-12/h9H,3-8H2,1-2H3,(H2,13,16)(H,14,15). The van der Waals surface area contributed by atoms with Crippen molar-refractivity contribution in [3.63, 3.8) is 0 Å². The lowest BCUT2D eigenvalue weighted by Gasteiger charge is -2.35. The molecule has 1 aliphatic carbocycles. The largest absolute Gasteiger partial charge is 0.393 e. The Morgan fingerprint density at radius 3 is 2.44 bits per heavy atom. The second kappa shape index (κ2) is 5.62. The fourth-order valence-corrected chi connectivity index (χ4v) is 2.63.